The van der Waals surface area contributed by atoms with Gasteiger partial charge < -0.3 is 15.4 Å². The van der Waals surface area contributed by atoms with Gasteiger partial charge in [-0.1, -0.05) is 41.4 Å². The fourth-order valence-electron chi connectivity index (χ4n) is 5.03. The van der Waals surface area contributed by atoms with Gasteiger partial charge in [-0.15, -0.1) is 6.58 Å². The van der Waals surface area contributed by atoms with Gasteiger partial charge in [-0.2, -0.15) is 27.1 Å². The molecule has 4 aromatic rings. The van der Waals surface area contributed by atoms with E-state index in [1.54, 1.807) is 29.2 Å². The Morgan fingerprint density at radius 2 is 1.77 bits per heavy atom. The number of nitrogens with zero attached hydrogens (tertiary/aromatic N) is 3. The number of thiocarbonyl (C=S) groups is 1. The summed E-state index contributed by atoms with van der Waals surface area (Å²) in [6.45, 7) is 3.89. The van der Waals surface area contributed by atoms with Crippen LogP contribution in [0.5, 0.6) is 5.75 Å². The van der Waals surface area contributed by atoms with Gasteiger partial charge in [0.05, 0.1) is 23.4 Å². The number of rotatable bonds is 7. The summed E-state index contributed by atoms with van der Waals surface area (Å²) >= 11 is 18.0. The van der Waals surface area contributed by atoms with E-state index in [-0.39, 0.29) is 46.0 Å². The molecule has 14 heteroatoms. The van der Waals surface area contributed by atoms with Crippen molar-refractivity contribution in [3.63, 3.8) is 0 Å². The van der Waals surface area contributed by atoms with E-state index in [1.165, 1.54) is 48.2 Å². The number of halogens is 7. The lowest BCUT2D eigenvalue weighted by Crippen LogP contribution is -2.44. The SMILES string of the molecule is C=CCN1Cc2c(nn(-c3ccc(Cl)cc3Cl)c2NC(=S)Nc2ccc(C(F)(F)F)cc2)C(F)(F)C1c1ccc(OC)cc1. The minimum Gasteiger partial charge on any atom is -0.497 e. The van der Waals surface area contributed by atoms with Crippen molar-refractivity contribution < 1.29 is 26.7 Å². The third-order valence-corrected chi connectivity index (χ3v) is 7.75. The fraction of sp³-hybridized carbons (Fsp3) is 0.200. The number of fused-ring (bicyclic) bond motifs is 1. The Morgan fingerprint density at radius 1 is 1.09 bits per heavy atom. The highest BCUT2D eigenvalue weighted by molar-refractivity contribution is 7.80. The Bertz CT molecular complexity index is 1690. The van der Waals surface area contributed by atoms with Gasteiger partial charge in [0.15, 0.2) is 5.11 Å². The van der Waals surface area contributed by atoms with Crippen molar-refractivity contribution in [2.45, 2.75) is 24.7 Å². The minimum atomic E-state index is -4.51. The van der Waals surface area contributed by atoms with Crippen molar-refractivity contribution in [3.05, 3.63) is 112 Å². The van der Waals surface area contributed by atoms with Crippen LogP contribution in [0.15, 0.2) is 79.4 Å². The molecule has 1 aliphatic rings. The molecule has 6 nitrogen and oxygen atoms in total. The second-order valence-corrected chi connectivity index (χ2v) is 11.1. The van der Waals surface area contributed by atoms with Crippen molar-refractivity contribution in [1.82, 2.24) is 14.7 Å². The molecule has 0 radical (unpaired) electrons. The largest absolute Gasteiger partial charge is 0.497 e. The maximum Gasteiger partial charge on any atom is 0.416 e. The van der Waals surface area contributed by atoms with Gasteiger partial charge in [0.1, 0.15) is 23.3 Å². The van der Waals surface area contributed by atoms with Gasteiger partial charge in [-0.3, -0.25) is 4.90 Å². The van der Waals surface area contributed by atoms with E-state index in [0.717, 1.165) is 12.1 Å². The third kappa shape index (κ3) is 6.25. The molecular formula is C30H24Cl2F5N5OS. The molecular weight excluding hydrogens is 644 g/mol. The second-order valence-electron chi connectivity index (χ2n) is 9.85. The zero-order valence-corrected chi connectivity index (χ0v) is 25.3. The van der Waals surface area contributed by atoms with Crippen molar-refractivity contribution in [2.24, 2.45) is 0 Å². The molecule has 2 N–H and O–H groups in total. The van der Waals surface area contributed by atoms with Crippen molar-refractivity contribution in [2.75, 3.05) is 24.3 Å². The Labute approximate surface area is 265 Å². The molecule has 1 unspecified atom stereocenters. The summed E-state index contributed by atoms with van der Waals surface area (Å²) in [5, 5.41) is 10.5. The molecule has 0 saturated heterocycles. The van der Waals surface area contributed by atoms with Crippen LogP contribution in [-0.4, -0.2) is 33.4 Å². The molecule has 0 aliphatic carbocycles. The van der Waals surface area contributed by atoms with E-state index in [0.29, 0.717) is 16.3 Å². The van der Waals surface area contributed by atoms with E-state index in [2.05, 4.69) is 22.3 Å². The highest BCUT2D eigenvalue weighted by atomic mass is 35.5. The summed E-state index contributed by atoms with van der Waals surface area (Å²) in [6, 6.07) is 13.7. The number of alkyl halides is 5. The number of nitrogens with one attached hydrogen (secondary N) is 2. The lowest BCUT2D eigenvalue weighted by Gasteiger charge is -2.40. The van der Waals surface area contributed by atoms with Crippen LogP contribution in [0.1, 0.15) is 28.4 Å². The van der Waals surface area contributed by atoms with E-state index >= 15 is 8.78 Å². The molecule has 3 aromatic carbocycles. The number of methoxy groups -OCH3 is 1. The monoisotopic (exact) mass is 667 g/mol. The van der Waals surface area contributed by atoms with Crippen LogP contribution >= 0.6 is 35.4 Å². The predicted molar refractivity (Wildman–Crippen MR) is 165 cm³/mol. The normalized spacial score (nSPS) is 16.2. The smallest absolute Gasteiger partial charge is 0.416 e. The summed E-state index contributed by atoms with van der Waals surface area (Å²) in [7, 11) is 1.49. The summed E-state index contributed by atoms with van der Waals surface area (Å²) in [5.41, 5.74) is -0.344. The maximum atomic E-state index is 16.6. The molecule has 0 saturated carbocycles. The standard InChI is InChI=1S/C30H24Cl2F5N5OS/c1-3-14-41-16-22-25(29(33,34)26(41)17-4-11-21(43-2)12-5-17)40-42(24-13-8-19(31)15-23(24)32)27(22)39-28(44)38-20-9-6-18(7-10-20)30(35,36)37/h3-13,15,26H,1,14,16H2,2H3,(H2,38,39,44). The molecule has 0 spiro atoms. The van der Waals surface area contributed by atoms with Crippen LogP contribution < -0.4 is 15.4 Å². The zero-order valence-electron chi connectivity index (χ0n) is 22.9. The maximum absolute atomic E-state index is 16.6. The van der Waals surface area contributed by atoms with Crippen molar-refractivity contribution in [3.8, 4) is 11.4 Å². The molecule has 2 heterocycles. The summed E-state index contributed by atoms with van der Waals surface area (Å²) in [4.78, 5) is 1.56. The van der Waals surface area contributed by atoms with Gasteiger partial charge in [0, 0.05) is 29.4 Å². The van der Waals surface area contributed by atoms with Crippen LogP contribution in [0.4, 0.5) is 33.5 Å². The molecule has 5 rings (SSSR count). The van der Waals surface area contributed by atoms with Crippen molar-refractivity contribution >= 4 is 52.0 Å². The molecule has 1 atom stereocenters. The van der Waals surface area contributed by atoms with Gasteiger partial charge in [-0.05, 0) is 72.4 Å². The Morgan fingerprint density at radius 3 is 2.36 bits per heavy atom. The van der Waals surface area contributed by atoms with Gasteiger partial charge >= 0.3 is 12.1 Å². The number of benzene rings is 3. The molecule has 0 bridgehead atoms. The summed E-state index contributed by atoms with van der Waals surface area (Å²) < 4.78 is 78.6. The average Bonchev–Trinajstić information content (AvgIpc) is 3.31. The van der Waals surface area contributed by atoms with Crippen molar-refractivity contribution in [1.29, 1.82) is 0 Å². The zero-order chi connectivity index (χ0) is 31.8. The first-order chi connectivity index (χ1) is 20.8. The van der Waals surface area contributed by atoms with E-state index < -0.39 is 29.4 Å². The Kier molecular flexibility index (Phi) is 8.90. The van der Waals surface area contributed by atoms with Crippen LogP contribution in [0.3, 0.4) is 0 Å². The first-order valence-electron chi connectivity index (χ1n) is 13.0. The van der Waals surface area contributed by atoms with E-state index in [9.17, 15) is 13.2 Å². The lowest BCUT2D eigenvalue weighted by atomic mass is 9.90. The topological polar surface area (TPSA) is 54.4 Å². The van der Waals surface area contributed by atoms with Crippen LogP contribution in [0.25, 0.3) is 5.69 Å². The molecule has 0 amide bonds. The molecule has 44 heavy (non-hydrogen) atoms. The van der Waals surface area contributed by atoms with Gasteiger partial charge in [0.25, 0.3) is 0 Å². The predicted octanol–water partition coefficient (Wildman–Crippen LogP) is 8.85. The molecule has 1 aliphatic heterocycles. The lowest BCUT2D eigenvalue weighted by molar-refractivity contribution is -0.137. The number of hydrogen-bond acceptors (Lipinski definition) is 4. The Hall–Kier alpha value is -3.71. The van der Waals surface area contributed by atoms with Gasteiger partial charge in [-0.25, -0.2) is 4.68 Å². The van der Waals surface area contributed by atoms with Crippen LogP contribution in [-0.2, 0) is 18.6 Å². The number of anilines is 2. The Balaban J connectivity index is 1.59. The summed E-state index contributed by atoms with van der Waals surface area (Å²) in [6.07, 6.45) is -2.98. The molecule has 1 aromatic heterocycles. The third-order valence-electron chi connectivity index (χ3n) is 7.00. The second kappa shape index (κ2) is 12.4. The van der Waals surface area contributed by atoms with Crippen LogP contribution in [0, 0.1) is 0 Å². The number of ether oxygens (including phenoxy) is 1. The number of aromatic nitrogens is 2. The quantitative estimate of drug-likeness (QED) is 0.117. The average molecular weight is 669 g/mol. The summed E-state index contributed by atoms with van der Waals surface area (Å²) in [5.74, 6) is -2.89. The minimum absolute atomic E-state index is 0.0179. The van der Waals surface area contributed by atoms with E-state index in [1.807, 2.05) is 0 Å². The fourth-order valence-corrected chi connectivity index (χ4v) is 5.73. The number of hydrogen-bond donors (Lipinski definition) is 2. The first-order valence-corrected chi connectivity index (χ1v) is 14.2. The molecule has 0 fully saturated rings. The van der Waals surface area contributed by atoms with Crippen LogP contribution in [0.2, 0.25) is 10.0 Å². The van der Waals surface area contributed by atoms with Gasteiger partial charge in [0.2, 0.25) is 0 Å². The van der Waals surface area contributed by atoms with E-state index in [4.69, 9.17) is 40.2 Å². The highest BCUT2D eigenvalue weighted by Gasteiger charge is 2.53. The highest BCUT2D eigenvalue weighted by Crippen LogP contribution is 2.51. The molecule has 230 valence electrons. The first kappa shape index (κ1) is 31.7.